The first-order valence-corrected chi connectivity index (χ1v) is 11.2. The number of nitrogens with zero attached hydrogens (tertiary/aromatic N) is 4. The van der Waals surface area contributed by atoms with Crippen LogP contribution in [-0.4, -0.2) is 25.1 Å². The summed E-state index contributed by atoms with van der Waals surface area (Å²) in [4.78, 5) is 23.5. The molecular formula is C26H21F2N5O. The summed E-state index contributed by atoms with van der Waals surface area (Å²) in [5, 5.41) is 8.84. The number of hydrogen-bond donors (Lipinski definition) is 1. The molecule has 170 valence electrons. The van der Waals surface area contributed by atoms with E-state index < -0.39 is 17.0 Å². The third-order valence-electron chi connectivity index (χ3n) is 7.74. The topological polar surface area (TPSA) is 84.4 Å². The monoisotopic (exact) mass is 457 g/mol. The highest BCUT2D eigenvalue weighted by Gasteiger charge is 2.65. The number of aromatic amines is 1. The van der Waals surface area contributed by atoms with Crippen LogP contribution in [0.4, 0.5) is 8.78 Å². The van der Waals surface area contributed by atoms with Crippen LogP contribution in [0.5, 0.6) is 0 Å². The fourth-order valence-electron chi connectivity index (χ4n) is 6.04. The quantitative estimate of drug-likeness (QED) is 0.479. The Kier molecular flexibility index (Phi) is 4.33. The molecule has 2 atom stereocenters. The van der Waals surface area contributed by atoms with Crippen LogP contribution in [0.2, 0.25) is 0 Å². The van der Waals surface area contributed by atoms with Gasteiger partial charge in [0.05, 0.1) is 28.1 Å². The van der Waals surface area contributed by atoms with Gasteiger partial charge in [0.25, 0.3) is 0 Å². The number of aromatic nitrogens is 5. The minimum Gasteiger partial charge on any atom is -0.328 e. The van der Waals surface area contributed by atoms with Gasteiger partial charge < -0.3 is 4.98 Å². The summed E-state index contributed by atoms with van der Waals surface area (Å²) in [6.07, 6.45) is 5.06. The first-order valence-electron chi connectivity index (χ1n) is 11.2. The molecule has 2 bridgehead atoms. The van der Waals surface area contributed by atoms with Crippen LogP contribution in [0.25, 0.3) is 22.6 Å². The maximum atomic E-state index is 14.5. The van der Waals surface area contributed by atoms with Gasteiger partial charge in [0.1, 0.15) is 11.6 Å². The van der Waals surface area contributed by atoms with Crippen molar-refractivity contribution in [3.8, 4) is 22.6 Å². The smallest absolute Gasteiger partial charge is 0.247 e. The molecule has 0 spiro atoms. The molecule has 4 aromatic rings. The van der Waals surface area contributed by atoms with E-state index in [0.717, 1.165) is 29.8 Å². The van der Waals surface area contributed by atoms with Gasteiger partial charge in [-0.3, -0.25) is 4.79 Å². The molecule has 6 nitrogen and oxygen atoms in total. The molecule has 0 amide bonds. The van der Waals surface area contributed by atoms with Crippen molar-refractivity contribution >= 4 is 0 Å². The van der Waals surface area contributed by atoms with E-state index in [1.54, 1.807) is 24.5 Å². The molecule has 8 heteroatoms. The maximum absolute atomic E-state index is 14.5. The van der Waals surface area contributed by atoms with Crippen molar-refractivity contribution < 1.29 is 8.78 Å². The second-order valence-corrected chi connectivity index (χ2v) is 9.56. The third-order valence-corrected chi connectivity index (χ3v) is 7.74. The van der Waals surface area contributed by atoms with E-state index >= 15 is 0 Å². The molecular weight excluding hydrogens is 436 g/mol. The SMILES string of the molecule is CC1(C)[C@H]2CC[C@@]1(c1ccnc(-c3ccc(=O)[nH]c3)n1)c1nnc(-c3c(F)cccc3F)cc12. The largest absolute Gasteiger partial charge is 0.328 e. The van der Waals surface area contributed by atoms with Gasteiger partial charge in [-0.1, -0.05) is 19.9 Å². The molecule has 1 aromatic carbocycles. The molecule has 1 N–H and O–H groups in total. The van der Waals surface area contributed by atoms with Gasteiger partial charge in [-0.2, -0.15) is 5.10 Å². The Labute approximate surface area is 194 Å². The predicted molar refractivity (Wildman–Crippen MR) is 122 cm³/mol. The molecule has 6 rings (SSSR count). The molecule has 0 unspecified atom stereocenters. The van der Waals surface area contributed by atoms with Gasteiger partial charge in [-0.15, -0.1) is 5.10 Å². The van der Waals surface area contributed by atoms with Gasteiger partial charge in [-0.25, -0.2) is 18.7 Å². The summed E-state index contributed by atoms with van der Waals surface area (Å²) < 4.78 is 28.9. The number of nitrogens with one attached hydrogen (secondary N) is 1. The summed E-state index contributed by atoms with van der Waals surface area (Å²) >= 11 is 0. The average Bonchev–Trinajstić information content (AvgIpc) is 3.21. The lowest BCUT2D eigenvalue weighted by molar-refractivity contribution is 0.243. The number of pyridine rings is 1. The van der Waals surface area contributed by atoms with Crippen LogP contribution < -0.4 is 5.56 Å². The van der Waals surface area contributed by atoms with Crippen molar-refractivity contribution in [3.05, 3.63) is 93.8 Å². The van der Waals surface area contributed by atoms with Gasteiger partial charge >= 0.3 is 0 Å². The number of halogens is 2. The molecule has 1 fully saturated rings. The van der Waals surface area contributed by atoms with Crippen molar-refractivity contribution in [2.24, 2.45) is 5.41 Å². The number of H-pyrrole nitrogens is 1. The summed E-state index contributed by atoms with van der Waals surface area (Å²) in [7, 11) is 0. The van der Waals surface area contributed by atoms with Crippen LogP contribution in [0.15, 0.2) is 59.7 Å². The van der Waals surface area contributed by atoms with Crippen molar-refractivity contribution in [2.75, 3.05) is 0 Å². The van der Waals surface area contributed by atoms with Crippen molar-refractivity contribution in [1.82, 2.24) is 25.1 Å². The zero-order valence-electron chi connectivity index (χ0n) is 18.6. The van der Waals surface area contributed by atoms with Crippen molar-refractivity contribution in [1.29, 1.82) is 0 Å². The zero-order valence-corrected chi connectivity index (χ0v) is 18.6. The van der Waals surface area contributed by atoms with Crippen LogP contribution in [-0.2, 0) is 5.41 Å². The minimum absolute atomic E-state index is 0.151. The fourth-order valence-corrected chi connectivity index (χ4v) is 6.04. The second-order valence-electron chi connectivity index (χ2n) is 9.56. The fraction of sp³-hybridized carbons (Fsp3) is 0.269. The average molecular weight is 457 g/mol. The molecule has 3 aromatic heterocycles. The van der Waals surface area contributed by atoms with Gasteiger partial charge in [0.15, 0.2) is 5.82 Å². The molecule has 0 saturated heterocycles. The Balaban J connectivity index is 1.52. The molecule has 3 heterocycles. The summed E-state index contributed by atoms with van der Waals surface area (Å²) in [6.45, 7) is 4.38. The van der Waals surface area contributed by atoms with Gasteiger partial charge in [0, 0.05) is 24.0 Å². The molecule has 2 aliphatic carbocycles. The van der Waals surface area contributed by atoms with Gasteiger partial charge in [0.2, 0.25) is 5.56 Å². The highest BCUT2D eigenvalue weighted by atomic mass is 19.1. The standard InChI is InChI=1S/C26H21F2N5O/c1-25(2)16-8-10-26(25,20-9-11-29-24(31-20)14-6-7-21(34)30-13-14)23-15(16)12-19(32-33-23)22-17(27)4-3-5-18(22)28/h3-7,9,11-13,16H,8,10H2,1-2H3,(H,30,34)/t16-,26+/m0/s1. The highest BCUT2D eigenvalue weighted by molar-refractivity contribution is 5.64. The molecule has 34 heavy (non-hydrogen) atoms. The first-order chi connectivity index (χ1) is 16.3. The van der Waals surface area contributed by atoms with Crippen LogP contribution in [0.1, 0.15) is 49.6 Å². The molecule has 1 saturated carbocycles. The van der Waals surface area contributed by atoms with Crippen LogP contribution in [0, 0.1) is 17.0 Å². The number of fused-ring (bicyclic) bond motifs is 5. The lowest BCUT2D eigenvalue weighted by Crippen LogP contribution is -2.38. The number of benzene rings is 1. The van der Waals surface area contributed by atoms with Crippen molar-refractivity contribution in [2.45, 2.75) is 38.0 Å². The number of hydrogen-bond acceptors (Lipinski definition) is 5. The predicted octanol–water partition coefficient (Wildman–Crippen LogP) is 4.77. The van der Waals surface area contributed by atoms with Gasteiger partial charge in [-0.05, 0) is 60.1 Å². The van der Waals surface area contributed by atoms with E-state index in [1.165, 1.54) is 24.3 Å². The summed E-state index contributed by atoms with van der Waals surface area (Å²) in [5.74, 6) is -0.660. The second kappa shape index (κ2) is 7.09. The van der Waals surface area contributed by atoms with E-state index in [0.29, 0.717) is 11.4 Å². The molecule has 0 aliphatic heterocycles. The maximum Gasteiger partial charge on any atom is 0.247 e. The normalized spacial score (nSPS) is 22.1. The minimum atomic E-state index is -0.660. The van der Waals surface area contributed by atoms with Crippen LogP contribution >= 0.6 is 0 Å². The summed E-state index contributed by atoms with van der Waals surface area (Å²) in [6, 6.07) is 10.6. The highest BCUT2D eigenvalue weighted by Crippen LogP contribution is 2.69. The molecule has 0 radical (unpaired) electrons. The Hall–Kier alpha value is -3.81. The summed E-state index contributed by atoms with van der Waals surface area (Å²) in [5.41, 5.74) is 2.40. The Morgan fingerprint density at radius 3 is 2.59 bits per heavy atom. The van der Waals surface area contributed by atoms with E-state index in [1.807, 2.05) is 6.07 Å². The Morgan fingerprint density at radius 1 is 1.06 bits per heavy atom. The Morgan fingerprint density at radius 2 is 1.85 bits per heavy atom. The lowest BCUT2D eigenvalue weighted by Gasteiger charge is -2.37. The molecule has 2 aliphatic rings. The lowest BCUT2D eigenvalue weighted by atomic mass is 9.66. The zero-order chi connectivity index (χ0) is 23.7. The first kappa shape index (κ1) is 20.8. The third kappa shape index (κ3) is 2.68. The van der Waals surface area contributed by atoms with E-state index in [2.05, 4.69) is 34.0 Å². The number of rotatable bonds is 3. The van der Waals surface area contributed by atoms with Crippen molar-refractivity contribution in [3.63, 3.8) is 0 Å². The Bertz CT molecular complexity index is 1470. The van der Waals surface area contributed by atoms with E-state index in [-0.39, 0.29) is 28.1 Å². The van der Waals surface area contributed by atoms with E-state index in [4.69, 9.17) is 4.98 Å². The van der Waals surface area contributed by atoms with Crippen LogP contribution in [0.3, 0.4) is 0 Å². The van der Waals surface area contributed by atoms with E-state index in [9.17, 15) is 13.6 Å².